The van der Waals surface area contributed by atoms with E-state index >= 15 is 0 Å². The Morgan fingerprint density at radius 2 is 2.36 bits per heavy atom. The Hall–Kier alpha value is -1.62. The van der Waals surface area contributed by atoms with Gasteiger partial charge in [0.15, 0.2) is 5.75 Å². The van der Waals surface area contributed by atoms with E-state index in [9.17, 15) is 10.1 Å². The molecule has 1 aromatic rings. The lowest BCUT2D eigenvalue weighted by Gasteiger charge is -2.04. The van der Waals surface area contributed by atoms with Crippen molar-refractivity contribution in [3.05, 3.63) is 33.9 Å². The molecule has 0 aromatic heterocycles. The highest BCUT2D eigenvalue weighted by Crippen LogP contribution is 2.40. The fourth-order valence-corrected chi connectivity index (χ4v) is 1.39. The molecule has 2 rings (SSSR count). The van der Waals surface area contributed by atoms with E-state index < -0.39 is 4.92 Å². The standard InChI is InChI=1S/C9H9NO4/c1-13-7-4-2-3-6(8-5-14-8)9(7)10(11)12/h2-4,8H,5H2,1H3/t8-/m1/s1. The molecule has 1 aromatic carbocycles. The van der Waals surface area contributed by atoms with Crippen LogP contribution in [0.3, 0.4) is 0 Å². The van der Waals surface area contributed by atoms with Gasteiger partial charge >= 0.3 is 5.69 Å². The van der Waals surface area contributed by atoms with E-state index in [1.807, 2.05) is 0 Å². The topological polar surface area (TPSA) is 64.9 Å². The highest BCUT2D eigenvalue weighted by Gasteiger charge is 2.34. The fraction of sp³-hybridized carbons (Fsp3) is 0.333. The molecule has 0 unspecified atom stereocenters. The van der Waals surface area contributed by atoms with Crippen molar-refractivity contribution in [2.45, 2.75) is 6.10 Å². The van der Waals surface area contributed by atoms with Crippen molar-refractivity contribution in [2.75, 3.05) is 13.7 Å². The number of nitro benzene ring substituents is 1. The normalized spacial score (nSPS) is 19.1. The van der Waals surface area contributed by atoms with Gasteiger partial charge < -0.3 is 9.47 Å². The van der Waals surface area contributed by atoms with Gasteiger partial charge in [-0.05, 0) is 12.1 Å². The molecule has 1 atom stereocenters. The molecule has 0 spiro atoms. The molecule has 1 aliphatic rings. The van der Waals surface area contributed by atoms with Gasteiger partial charge in [0.05, 0.1) is 24.2 Å². The third kappa shape index (κ3) is 1.42. The van der Waals surface area contributed by atoms with E-state index in [1.54, 1.807) is 18.2 Å². The van der Waals surface area contributed by atoms with Crippen molar-refractivity contribution in [3.63, 3.8) is 0 Å². The second-order valence-electron chi connectivity index (χ2n) is 2.98. The summed E-state index contributed by atoms with van der Waals surface area (Å²) in [6.45, 7) is 0.550. The van der Waals surface area contributed by atoms with Crippen LogP contribution in [0, 0.1) is 10.1 Å². The Morgan fingerprint density at radius 3 is 2.86 bits per heavy atom. The van der Waals surface area contributed by atoms with Crippen LogP contribution in [0.2, 0.25) is 0 Å². The van der Waals surface area contributed by atoms with Gasteiger partial charge in [0.1, 0.15) is 6.10 Å². The number of para-hydroxylation sites is 1. The minimum Gasteiger partial charge on any atom is -0.490 e. The molecule has 0 aliphatic carbocycles. The summed E-state index contributed by atoms with van der Waals surface area (Å²) in [5.74, 6) is 0.281. The second kappa shape index (κ2) is 3.26. The maximum atomic E-state index is 10.8. The van der Waals surface area contributed by atoms with E-state index in [0.717, 1.165) is 0 Å². The lowest BCUT2D eigenvalue weighted by Crippen LogP contribution is -1.98. The first kappa shape index (κ1) is 8.96. The SMILES string of the molecule is COc1cccc([C@H]2CO2)c1[N+](=O)[O-]. The van der Waals surface area contributed by atoms with Gasteiger partial charge in [0.25, 0.3) is 0 Å². The monoisotopic (exact) mass is 195 g/mol. The van der Waals surface area contributed by atoms with Gasteiger partial charge in [0, 0.05) is 0 Å². The number of benzene rings is 1. The number of epoxide rings is 1. The summed E-state index contributed by atoms with van der Waals surface area (Å²) in [5, 5.41) is 10.8. The molecule has 1 heterocycles. The Balaban J connectivity index is 2.52. The summed E-state index contributed by atoms with van der Waals surface area (Å²) in [4.78, 5) is 10.4. The van der Waals surface area contributed by atoms with Gasteiger partial charge in [-0.15, -0.1) is 0 Å². The van der Waals surface area contributed by atoms with Gasteiger partial charge in [-0.1, -0.05) is 6.07 Å². The number of nitrogens with zero attached hydrogens (tertiary/aromatic N) is 1. The average molecular weight is 195 g/mol. The zero-order valence-corrected chi connectivity index (χ0v) is 7.60. The maximum absolute atomic E-state index is 10.8. The average Bonchev–Trinajstić information content (AvgIpc) is 2.99. The highest BCUT2D eigenvalue weighted by molar-refractivity contribution is 5.54. The van der Waals surface area contributed by atoms with Crippen molar-refractivity contribution in [1.82, 2.24) is 0 Å². The smallest absolute Gasteiger partial charge is 0.316 e. The molecule has 0 bridgehead atoms. The van der Waals surface area contributed by atoms with E-state index in [0.29, 0.717) is 12.2 Å². The van der Waals surface area contributed by atoms with Crippen LogP contribution < -0.4 is 4.74 Å². The van der Waals surface area contributed by atoms with Crippen LogP contribution in [-0.2, 0) is 4.74 Å². The Kier molecular flexibility index (Phi) is 2.09. The van der Waals surface area contributed by atoms with Crippen molar-refractivity contribution in [3.8, 4) is 5.75 Å². The number of hydrogen-bond acceptors (Lipinski definition) is 4. The van der Waals surface area contributed by atoms with Gasteiger partial charge in [-0.3, -0.25) is 10.1 Å². The predicted octanol–water partition coefficient (Wildman–Crippen LogP) is 1.67. The lowest BCUT2D eigenvalue weighted by molar-refractivity contribution is -0.386. The largest absolute Gasteiger partial charge is 0.490 e. The summed E-state index contributed by atoms with van der Waals surface area (Å²) in [7, 11) is 1.42. The summed E-state index contributed by atoms with van der Waals surface area (Å²) >= 11 is 0. The first-order valence-corrected chi connectivity index (χ1v) is 4.17. The number of hydrogen-bond donors (Lipinski definition) is 0. The maximum Gasteiger partial charge on any atom is 0.316 e. The minimum absolute atomic E-state index is 0.0116. The fourth-order valence-electron chi connectivity index (χ4n) is 1.39. The highest BCUT2D eigenvalue weighted by atomic mass is 16.6. The van der Waals surface area contributed by atoms with Crippen LogP contribution in [0.25, 0.3) is 0 Å². The van der Waals surface area contributed by atoms with E-state index in [-0.39, 0.29) is 17.5 Å². The van der Waals surface area contributed by atoms with Crippen LogP contribution in [0.1, 0.15) is 11.7 Å². The summed E-state index contributed by atoms with van der Waals surface area (Å²) in [6, 6.07) is 4.99. The molecule has 74 valence electrons. The number of nitro groups is 1. The number of rotatable bonds is 3. The second-order valence-corrected chi connectivity index (χ2v) is 2.98. The van der Waals surface area contributed by atoms with E-state index in [1.165, 1.54) is 7.11 Å². The van der Waals surface area contributed by atoms with Crippen LogP contribution in [0.15, 0.2) is 18.2 Å². The first-order chi connectivity index (χ1) is 6.74. The molecule has 0 radical (unpaired) electrons. The summed E-state index contributed by atoms with van der Waals surface area (Å²) in [6.07, 6.45) is -0.134. The molecule has 1 aliphatic heterocycles. The van der Waals surface area contributed by atoms with Gasteiger partial charge in [-0.2, -0.15) is 0 Å². The molecular weight excluding hydrogens is 186 g/mol. The molecule has 0 N–H and O–H groups in total. The van der Waals surface area contributed by atoms with E-state index in [4.69, 9.17) is 9.47 Å². The van der Waals surface area contributed by atoms with Gasteiger partial charge in [0.2, 0.25) is 0 Å². The quantitative estimate of drug-likeness (QED) is 0.418. The van der Waals surface area contributed by atoms with Crippen molar-refractivity contribution >= 4 is 5.69 Å². The van der Waals surface area contributed by atoms with E-state index in [2.05, 4.69) is 0 Å². The number of ether oxygens (including phenoxy) is 2. The summed E-state index contributed by atoms with van der Waals surface area (Å²) < 4.78 is 9.95. The molecule has 1 fully saturated rings. The van der Waals surface area contributed by atoms with Crippen LogP contribution in [-0.4, -0.2) is 18.6 Å². The molecule has 0 amide bonds. The molecule has 5 nitrogen and oxygen atoms in total. The van der Waals surface area contributed by atoms with Crippen molar-refractivity contribution < 1.29 is 14.4 Å². The van der Waals surface area contributed by atoms with Crippen LogP contribution in [0.4, 0.5) is 5.69 Å². The Morgan fingerprint density at radius 1 is 1.64 bits per heavy atom. The Bertz CT molecular complexity index is 373. The predicted molar refractivity (Wildman–Crippen MR) is 48.3 cm³/mol. The zero-order chi connectivity index (χ0) is 10.1. The molecule has 5 heteroatoms. The third-order valence-electron chi connectivity index (χ3n) is 2.11. The third-order valence-corrected chi connectivity index (χ3v) is 2.11. The van der Waals surface area contributed by atoms with Gasteiger partial charge in [-0.25, -0.2) is 0 Å². The molecular formula is C9H9NO4. The lowest BCUT2D eigenvalue weighted by atomic mass is 10.1. The summed E-state index contributed by atoms with van der Waals surface area (Å²) in [5.41, 5.74) is 0.604. The Labute approximate surface area is 80.4 Å². The van der Waals surface area contributed by atoms with Crippen LogP contribution in [0.5, 0.6) is 5.75 Å². The van der Waals surface area contributed by atoms with Crippen LogP contribution >= 0.6 is 0 Å². The van der Waals surface area contributed by atoms with Crippen molar-refractivity contribution in [2.24, 2.45) is 0 Å². The minimum atomic E-state index is -0.435. The molecule has 1 saturated heterocycles. The molecule has 0 saturated carbocycles. The first-order valence-electron chi connectivity index (χ1n) is 4.17. The molecule has 14 heavy (non-hydrogen) atoms. The number of methoxy groups -OCH3 is 1. The zero-order valence-electron chi connectivity index (χ0n) is 7.60. The van der Waals surface area contributed by atoms with Crippen molar-refractivity contribution in [1.29, 1.82) is 0 Å².